The molecule has 2 aromatic rings. The van der Waals surface area contributed by atoms with Crippen LogP contribution in [0.4, 0.5) is 10.1 Å². The van der Waals surface area contributed by atoms with Crippen LogP contribution < -0.4 is 9.62 Å². The van der Waals surface area contributed by atoms with E-state index in [-0.39, 0.29) is 24.1 Å². The lowest BCUT2D eigenvalue weighted by Gasteiger charge is -2.32. The molecule has 1 atom stereocenters. The minimum absolute atomic E-state index is 0.0541. The van der Waals surface area contributed by atoms with Gasteiger partial charge in [0.05, 0.1) is 11.9 Å². The first kappa shape index (κ1) is 26.7. The largest absolute Gasteiger partial charge is 0.352 e. The van der Waals surface area contributed by atoms with Crippen molar-refractivity contribution >= 4 is 27.5 Å². The summed E-state index contributed by atoms with van der Waals surface area (Å²) >= 11 is 0. The molecule has 0 aromatic heterocycles. The van der Waals surface area contributed by atoms with E-state index in [0.717, 1.165) is 47.4 Å². The Balaban J connectivity index is 1.90. The molecule has 1 saturated carbocycles. The van der Waals surface area contributed by atoms with Crippen LogP contribution in [0.3, 0.4) is 0 Å². The van der Waals surface area contributed by atoms with Gasteiger partial charge in [0.2, 0.25) is 21.8 Å². The van der Waals surface area contributed by atoms with Crippen LogP contribution >= 0.6 is 0 Å². The van der Waals surface area contributed by atoms with Gasteiger partial charge in [-0.1, -0.05) is 37.1 Å². The predicted octanol–water partition coefficient (Wildman–Crippen LogP) is 3.68. The van der Waals surface area contributed by atoms with Crippen molar-refractivity contribution in [2.45, 2.75) is 65.1 Å². The number of sulfonamides is 1. The van der Waals surface area contributed by atoms with Gasteiger partial charge < -0.3 is 10.2 Å². The fraction of sp³-hybridized carbons (Fsp3) is 0.462. The number of halogens is 1. The molecule has 190 valence electrons. The number of nitrogens with one attached hydrogen (secondary N) is 1. The van der Waals surface area contributed by atoms with Crippen LogP contribution in [0.2, 0.25) is 0 Å². The maximum Gasteiger partial charge on any atom is 0.244 e. The van der Waals surface area contributed by atoms with E-state index in [2.05, 4.69) is 5.32 Å². The number of carbonyl (C=O) groups excluding carboxylic acids is 2. The first-order chi connectivity index (χ1) is 16.5. The summed E-state index contributed by atoms with van der Waals surface area (Å²) in [5.74, 6) is -1.42. The van der Waals surface area contributed by atoms with Crippen molar-refractivity contribution in [1.82, 2.24) is 10.2 Å². The molecule has 1 unspecified atom stereocenters. The zero-order valence-corrected chi connectivity index (χ0v) is 21.6. The highest BCUT2D eigenvalue weighted by atomic mass is 32.2. The number of anilines is 1. The van der Waals surface area contributed by atoms with Gasteiger partial charge in [0.1, 0.15) is 18.4 Å². The Bertz CT molecular complexity index is 1180. The van der Waals surface area contributed by atoms with Crippen molar-refractivity contribution in [3.05, 3.63) is 65.0 Å². The van der Waals surface area contributed by atoms with Gasteiger partial charge in [-0.15, -0.1) is 0 Å². The van der Waals surface area contributed by atoms with Crippen LogP contribution in [0.15, 0.2) is 42.5 Å². The topological polar surface area (TPSA) is 86.8 Å². The predicted molar refractivity (Wildman–Crippen MR) is 135 cm³/mol. The zero-order chi connectivity index (χ0) is 25.8. The van der Waals surface area contributed by atoms with Crippen LogP contribution in [-0.2, 0) is 26.2 Å². The molecule has 2 amide bonds. The number of amides is 2. The zero-order valence-electron chi connectivity index (χ0n) is 20.8. The van der Waals surface area contributed by atoms with E-state index in [1.165, 1.54) is 11.0 Å². The summed E-state index contributed by atoms with van der Waals surface area (Å²) in [6.07, 6.45) is 4.88. The van der Waals surface area contributed by atoms with Crippen molar-refractivity contribution in [2.75, 3.05) is 17.1 Å². The molecule has 0 heterocycles. The molecule has 9 heteroatoms. The molecule has 1 aliphatic rings. The maximum absolute atomic E-state index is 14.5. The van der Waals surface area contributed by atoms with Crippen LogP contribution in [-0.4, -0.2) is 50.0 Å². The number of hydrogen-bond acceptors (Lipinski definition) is 4. The fourth-order valence-electron chi connectivity index (χ4n) is 4.28. The number of aryl methyl sites for hydroxylation is 2. The Hall–Kier alpha value is -2.94. The SMILES string of the molecule is Cc1ccc(N(CC(=O)N(Cc2ccccc2F)C(C)C(=O)NC2CCCC2)S(C)(=O)=O)cc1C. The van der Waals surface area contributed by atoms with E-state index in [9.17, 15) is 22.4 Å². The van der Waals surface area contributed by atoms with Crippen LogP contribution in [0, 0.1) is 19.7 Å². The first-order valence-corrected chi connectivity index (χ1v) is 13.7. The summed E-state index contributed by atoms with van der Waals surface area (Å²) in [5, 5.41) is 2.98. The molecule has 0 saturated heterocycles. The molecule has 0 aliphatic heterocycles. The van der Waals surface area contributed by atoms with Gasteiger partial charge in [-0.3, -0.25) is 13.9 Å². The third-order valence-corrected chi connectivity index (χ3v) is 7.77. The van der Waals surface area contributed by atoms with Gasteiger partial charge in [-0.2, -0.15) is 0 Å². The van der Waals surface area contributed by atoms with Gasteiger partial charge >= 0.3 is 0 Å². The Morgan fingerprint density at radius 2 is 1.74 bits per heavy atom. The third kappa shape index (κ3) is 6.81. The summed E-state index contributed by atoms with van der Waals surface area (Å²) in [6, 6.07) is 10.3. The maximum atomic E-state index is 14.5. The van der Waals surface area contributed by atoms with Crippen molar-refractivity contribution in [2.24, 2.45) is 0 Å². The van der Waals surface area contributed by atoms with Crippen molar-refractivity contribution in [3.63, 3.8) is 0 Å². The second kappa shape index (κ2) is 11.2. The second-order valence-electron chi connectivity index (χ2n) is 9.32. The summed E-state index contributed by atoms with van der Waals surface area (Å²) in [6.45, 7) is 4.70. The quantitative estimate of drug-likeness (QED) is 0.566. The first-order valence-electron chi connectivity index (χ1n) is 11.9. The lowest BCUT2D eigenvalue weighted by molar-refractivity contribution is -0.139. The Morgan fingerprint density at radius 1 is 1.09 bits per heavy atom. The summed E-state index contributed by atoms with van der Waals surface area (Å²) in [7, 11) is -3.81. The smallest absolute Gasteiger partial charge is 0.244 e. The fourth-order valence-corrected chi connectivity index (χ4v) is 5.12. The Labute approximate surface area is 207 Å². The van der Waals surface area contributed by atoms with Crippen LogP contribution in [0.5, 0.6) is 0 Å². The highest BCUT2D eigenvalue weighted by Crippen LogP contribution is 2.23. The molecular formula is C26H34FN3O4S. The normalized spacial score (nSPS) is 15.0. The highest BCUT2D eigenvalue weighted by Gasteiger charge is 2.31. The molecule has 0 radical (unpaired) electrons. The van der Waals surface area contributed by atoms with E-state index >= 15 is 0 Å². The molecule has 7 nitrogen and oxygen atoms in total. The number of benzene rings is 2. The van der Waals surface area contributed by atoms with Gasteiger partial charge in [0.25, 0.3) is 0 Å². The van der Waals surface area contributed by atoms with Crippen molar-refractivity contribution in [1.29, 1.82) is 0 Å². The molecule has 1 aliphatic carbocycles. The van der Waals surface area contributed by atoms with E-state index < -0.39 is 34.3 Å². The van der Waals surface area contributed by atoms with Crippen LogP contribution in [0.1, 0.15) is 49.3 Å². The van der Waals surface area contributed by atoms with Gasteiger partial charge in [0, 0.05) is 18.2 Å². The van der Waals surface area contributed by atoms with Crippen molar-refractivity contribution < 1.29 is 22.4 Å². The van der Waals surface area contributed by atoms with Gasteiger partial charge in [0.15, 0.2) is 0 Å². The molecule has 0 bridgehead atoms. The minimum atomic E-state index is -3.81. The standard InChI is InChI=1S/C26H34FN3O4S/c1-18-13-14-23(15-19(18)2)30(35(4,33)34)17-25(31)29(16-21-9-5-8-12-24(21)27)20(3)26(32)28-22-10-6-7-11-22/h5,8-9,12-15,20,22H,6-7,10-11,16-17H2,1-4H3,(H,28,32). The highest BCUT2D eigenvalue weighted by molar-refractivity contribution is 7.92. The molecule has 1 N–H and O–H groups in total. The second-order valence-corrected chi connectivity index (χ2v) is 11.2. The molecule has 35 heavy (non-hydrogen) atoms. The number of rotatable bonds is 9. The van der Waals surface area contributed by atoms with E-state index in [4.69, 9.17) is 0 Å². The molecule has 2 aromatic carbocycles. The summed E-state index contributed by atoms with van der Waals surface area (Å²) in [5.41, 5.74) is 2.49. The van der Waals surface area contributed by atoms with E-state index in [0.29, 0.717) is 5.69 Å². The summed E-state index contributed by atoms with van der Waals surface area (Å²) in [4.78, 5) is 27.8. The number of hydrogen-bond donors (Lipinski definition) is 1. The molecule has 1 fully saturated rings. The monoisotopic (exact) mass is 503 g/mol. The Morgan fingerprint density at radius 3 is 2.34 bits per heavy atom. The van der Waals surface area contributed by atoms with Gasteiger partial charge in [-0.05, 0) is 62.9 Å². The molecule has 0 spiro atoms. The average molecular weight is 504 g/mol. The molecule has 3 rings (SSSR count). The van der Waals surface area contributed by atoms with E-state index in [1.807, 2.05) is 13.8 Å². The minimum Gasteiger partial charge on any atom is -0.352 e. The van der Waals surface area contributed by atoms with E-state index in [1.54, 1.807) is 43.3 Å². The van der Waals surface area contributed by atoms with Crippen LogP contribution in [0.25, 0.3) is 0 Å². The number of nitrogens with zero attached hydrogens (tertiary/aromatic N) is 2. The summed E-state index contributed by atoms with van der Waals surface area (Å²) < 4.78 is 40.8. The van der Waals surface area contributed by atoms with Gasteiger partial charge in [-0.25, -0.2) is 12.8 Å². The molecular weight excluding hydrogens is 469 g/mol. The Kier molecular flexibility index (Phi) is 8.53. The third-order valence-electron chi connectivity index (χ3n) is 6.63. The lowest BCUT2D eigenvalue weighted by atomic mass is 10.1. The average Bonchev–Trinajstić information content (AvgIpc) is 3.30. The van der Waals surface area contributed by atoms with Crippen molar-refractivity contribution in [3.8, 4) is 0 Å². The number of carbonyl (C=O) groups is 2. The lowest BCUT2D eigenvalue weighted by Crippen LogP contribution is -2.52.